The van der Waals surface area contributed by atoms with Gasteiger partial charge < -0.3 is 5.11 Å². The van der Waals surface area contributed by atoms with E-state index in [0.29, 0.717) is 5.92 Å². The van der Waals surface area contributed by atoms with Crippen LogP contribution in [0.1, 0.15) is 43.2 Å². The van der Waals surface area contributed by atoms with Gasteiger partial charge in [-0.15, -0.1) is 0 Å². The normalized spacial score (nSPS) is 20.2. The van der Waals surface area contributed by atoms with E-state index in [1.54, 1.807) is 4.68 Å². The van der Waals surface area contributed by atoms with E-state index in [4.69, 9.17) is 0 Å². The van der Waals surface area contributed by atoms with Crippen molar-refractivity contribution in [1.82, 2.24) is 9.78 Å². The highest BCUT2D eigenvalue weighted by Gasteiger charge is 2.26. The average molecular weight is 194 g/mol. The van der Waals surface area contributed by atoms with Gasteiger partial charge in [-0.3, -0.25) is 4.68 Å². The molecule has 2 rings (SSSR count). The Morgan fingerprint density at radius 2 is 2.14 bits per heavy atom. The number of hydrogen-bond donors (Lipinski definition) is 1. The predicted octanol–water partition coefficient (Wildman–Crippen LogP) is 1.95. The zero-order valence-corrected chi connectivity index (χ0v) is 8.90. The Hall–Kier alpha value is -0.830. The third kappa shape index (κ3) is 1.69. The van der Waals surface area contributed by atoms with Crippen LogP contribution in [0.5, 0.6) is 0 Å². The quantitative estimate of drug-likeness (QED) is 0.781. The van der Waals surface area contributed by atoms with Gasteiger partial charge in [-0.2, -0.15) is 5.10 Å². The Balaban J connectivity index is 2.17. The highest BCUT2D eigenvalue weighted by Crippen LogP contribution is 2.35. The molecular formula is C11H18N2O. The molecule has 1 aliphatic carbocycles. The van der Waals surface area contributed by atoms with Gasteiger partial charge in [0.15, 0.2) is 0 Å². The summed E-state index contributed by atoms with van der Waals surface area (Å²) in [6, 6.07) is 1.99. The molecule has 1 heterocycles. The van der Waals surface area contributed by atoms with Crippen LogP contribution in [-0.2, 0) is 7.05 Å². The summed E-state index contributed by atoms with van der Waals surface area (Å²) in [5.74, 6) is 0.449. The number of aliphatic hydroxyl groups is 1. The van der Waals surface area contributed by atoms with Crippen molar-refractivity contribution in [3.8, 4) is 0 Å². The van der Waals surface area contributed by atoms with Crippen LogP contribution in [0.25, 0.3) is 0 Å². The van der Waals surface area contributed by atoms with Gasteiger partial charge in [-0.05, 0) is 31.7 Å². The maximum absolute atomic E-state index is 10.2. The lowest BCUT2D eigenvalue weighted by Gasteiger charge is -2.17. The molecule has 0 aromatic carbocycles. The first-order valence-electron chi connectivity index (χ1n) is 5.37. The van der Waals surface area contributed by atoms with Crippen molar-refractivity contribution in [3.05, 3.63) is 17.5 Å². The summed E-state index contributed by atoms with van der Waals surface area (Å²) in [4.78, 5) is 0. The monoisotopic (exact) mass is 194 g/mol. The highest BCUT2D eigenvalue weighted by atomic mass is 16.3. The zero-order chi connectivity index (χ0) is 10.1. The first kappa shape index (κ1) is 9.71. The third-order valence-corrected chi connectivity index (χ3v) is 3.19. The minimum absolute atomic E-state index is 0.316. The summed E-state index contributed by atoms with van der Waals surface area (Å²) in [6.45, 7) is 1.96. The van der Waals surface area contributed by atoms with E-state index in [9.17, 15) is 5.11 Å². The van der Waals surface area contributed by atoms with E-state index in [1.165, 1.54) is 12.8 Å². The van der Waals surface area contributed by atoms with E-state index >= 15 is 0 Å². The first-order valence-corrected chi connectivity index (χ1v) is 5.37. The molecule has 1 aromatic heterocycles. The van der Waals surface area contributed by atoms with Gasteiger partial charge in [0, 0.05) is 7.05 Å². The van der Waals surface area contributed by atoms with E-state index in [0.717, 1.165) is 24.2 Å². The summed E-state index contributed by atoms with van der Waals surface area (Å²) in [7, 11) is 1.90. The number of aliphatic hydroxyl groups excluding tert-OH is 1. The molecule has 0 aliphatic heterocycles. The van der Waals surface area contributed by atoms with Crippen molar-refractivity contribution in [2.75, 3.05) is 0 Å². The molecule has 1 fully saturated rings. The lowest BCUT2D eigenvalue weighted by atomic mass is 9.98. The van der Waals surface area contributed by atoms with Crippen LogP contribution >= 0.6 is 0 Å². The summed E-state index contributed by atoms with van der Waals surface area (Å²) in [6.07, 6.45) is 4.53. The Labute approximate surface area is 84.7 Å². The molecule has 3 nitrogen and oxygen atoms in total. The molecule has 3 heteroatoms. The second-order valence-electron chi connectivity index (χ2n) is 4.32. The molecule has 14 heavy (non-hydrogen) atoms. The molecule has 1 aliphatic rings. The van der Waals surface area contributed by atoms with Crippen molar-refractivity contribution in [1.29, 1.82) is 0 Å². The van der Waals surface area contributed by atoms with Crippen LogP contribution in [-0.4, -0.2) is 14.9 Å². The Morgan fingerprint density at radius 3 is 2.64 bits per heavy atom. The van der Waals surface area contributed by atoms with Crippen molar-refractivity contribution >= 4 is 0 Å². The fraction of sp³-hybridized carbons (Fsp3) is 0.727. The van der Waals surface area contributed by atoms with E-state index in [2.05, 4.69) is 5.10 Å². The molecule has 0 amide bonds. The first-order chi connectivity index (χ1) is 6.68. The van der Waals surface area contributed by atoms with Crippen LogP contribution in [0, 0.1) is 12.8 Å². The molecule has 1 atom stereocenters. The van der Waals surface area contributed by atoms with Crippen molar-refractivity contribution < 1.29 is 5.11 Å². The zero-order valence-electron chi connectivity index (χ0n) is 8.90. The molecule has 78 valence electrons. The van der Waals surface area contributed by atoms with Gasteiger partial charge in [0.1, 0.15) is 0 Å². The van der Waals surface area contributed by atoms with Crippen molar-refractivity contribution in [2.24, 2.45) is 13.0 Å². The number of hydrogen-bond acceptors (Lipinski definition) is 2. The minimum Gasteiger partial charge on any atom is -0.387 e. The number of aryl methyl sites for hydroxylation is 2. The van der Waals surface area contributed by atoms with Gasteiger partial charge in [0.25, 0.3) is 0 Å². The Morgan fingerprint density at radius 1 is 1.50 bits per heavy atom. The minimum atomic E-state index is -0.316. The highest BCUT2D eigenvalue weighted by molar-refractivity contribution is 5.12. The Bertz CT molecular complexity index is 313. The molecule has 0 saturated heterocycles. The molecule has 1 unspecified atom stereocenters. The van der Waals surface area contributed by atoms with Crippen LogP contribution in [0.2, 0.25) is 0 Å². The van der Waals surface area contributed by atoms with Crippen LogP contribution in [0.15, 0.2) is 6.07 Å². The second-order valence-corrected chi connectivity index (χ2v) is 4.32. The maximum Gasteiger partial charge on any atom is 0.0984 e. The van der Waals surface area contributed by atoms with Gasteiger partial charge in [-0.1, -0.05) is 12.8 Å². The molecule has 1 saturated carbocycles. The summed E-state index contributed by atoms with van der Waals surface area (Å²) >= 11 is 0. The third-order valence-electron chi connectivity index (χ3n) is 3.19. The van der Waals surface area contributed by atoms with Crippen LogP contribution in [0.4, 0.5) is 0 Å². The summed E-state index contributed by atoms with van der Waals surface area (Å²) < 4.78 is 1.80. The smallest absolute Gasteiger partial charge is 0.0984 e. The largest absolute Gasteiger partial charge is 0.387 e. The molecule has 0 bridgehead atoms. The second kappa shape index (κ2) is 3.73. The van der Waals surface area contributed by atoms with Gasteiger partial charge >= 0.3 is 0 Å². The molecular weight excluding hydrogens is 176 g/mol. The van der Waals surface area contributed by atoms with E-state index in [1.807, 2.05) is 20.0 Å². The lowest BCUT2D eigenvalue weighted by Crippen LogP contribution is -2.13. The van der Waals surface area contributed by atoms with Crippen molar-refractivity contribution in [2.45, 2.75) is 38.7 Å². The molecule has 0 spiro atoms. The van der Waals surface area contributed by atoms with Crippen molar-refractivity contribution in [3.63, 3.8) is 0 Å². The van der Waals surface area contributed by atoms with E-state index in [-0.39, 0.29) is 6.10 Å². The summed E-state index contributed by atoms with van der Waals surface area (Å²) in [5, 5.41) is 14.4. The lowest BCUT2D eigenvalue weighted by molar-refractivity contribution is 0.103. The van der Waals surface area contributed by atoms with Gasteiger partial charge in [0.05, 0.1) is 17.5 Å². The molecule has 1 N–H and O–H groups in total. The molecule has 0 radical (unpaired) electrons. The van der Waals surface area contributed by atoms with Gasteiger partial charge in [-0.25, -0.2) is 0 Å². The maximum atomic E-state index is 10.2. The number of aromatic nitrogens is 2. The molecule has 1 aromatic rings. The van der Waals surface area contributed by atoms with Crippen LogP contribution < -0.4 is 0 Å². The SMILES string of the molecule is Cc1cc(C(O)C2CCCC2)n(C)n1. The predicted molar refractivity (Wildman–Crippen MR) is 54.9 cm³/mol. The fourth-order valence-electron chi connectivity index (χ4n) is 2.42. The average Bonchev–Trinajstić information content (AvgIpc) is 2.73. The number of rotatable bonds is 2. The Kier molecular flexibility index (Phi) is 2.59. The van der Waals surface area contributed by atoms with E-state index < -0.39 is 0 Å². The summed E-state index contributed by atoms with van der Waals surface area (Å²) in [5.41, 5.74) is 1.95. The topological polar surface area (TPSA) is 38.0 Å². The standard InChI is InChI=1S/C11H18N2O/c1-8-7-10(13(2)12-8)11(14)9-5-3-4-6-9/h7,9,11,14H,3-6H2,1-2H3. The van der Waals surface area contributed by atoms with Gasteiger partial charge in [0.2, 0.25) is 0 Å². The van der Waals surface area contributed by atoms with Crippen LogP contribution in [0.3, 0.4) is 0 Å². The fourth-order valence-corrected chi connectivity index (χ4v) is 2.42. The number of nitrogens with zero attached hydrogens (tertiary/aromatic N) is 2.